The quantitative estimate of drug-likeness (QED) is 0.0999. The molecule has 0 spiro atoms. The van der Waals surface area contributed by atoms with Crippen LogP contribution in [0.1, 0.15) is 77.0 Å². The van der Waals surface area contributed by atoms with Crippen LogP contribution in [0, 0.1) is 0 Å². The van der Waals surface area contributed by atoms with Gasteiger partial charge < -0.3 is 0 Å². The molecule has 0 saturated carbocycles. The maximum absolute atomic E-state index is 10.9. The number of unbranched alkanes of at least 4 members (excludes halogenated alkanes) is 9. The minimum atomic E-state index is -0.0575. The second-order valence-corrected chi connectivity index (χ2v) is 9.84. The van der Waals surface area contributed by atoms with Crippen LogP contribution in [0.15, 0.2) is 10.2 Å². The summed E-state index contributed by atoms with van der Waals surface area (Å²) in [6.07, 6.45) is 17.6. The zero-order valence-electron chi connectivity index (χ0n) is 14.2. The molecule has 0 amide bonds. The van der Waals surface area contributed by atoms with E-state index in [0.29, 0.717) is 6.42 Å². The molecule has 0 aliphatic rings. The Balaban J connectivity index is 3.01. The molecule has 0 radical (unpaired) electrons. The van der Waals surface area contributed by atoms with Crippen molar-refractivity contribution in [3.8, 4) is 0 Å². The second kappa shape index (κ2) is 19.8. The molecule has 0 aliphatic heterocycles. The van der Waals surface area contributed by atoms with Gasteiger partial charge in [-0.05, 0) is 0 Å². The van der Waals surface area contributed by atoms with Crippen LogP contribution in [0.5, 0.6) is 0 Å². The van der Waals surface area contributed by atoms with Crippen LogP contribution in [-0.2, 0) is 9.53 Å². The van der Waals surface area contributed by atoms with Gasteiger partial charge in [0, 0.05) is 0 Å². The van der Waals surface area contributed by atoms with Gasteiger partial charge >= 0.3 is 162 Å². The standard InChI is InChI=1S/C18H33IO2Te/c1-21-18(20)14-10-9-13-17-22-16-12-8-6-4-2-3-5-7-11-15-19/h11,15H,2-10,12-14,16-17H2,1H3/b15-11+. The third-order valence-corrected chi connectivity index (χ3v) is 7.45. The Hall–Kier alpha value is 0.730. The molecular weight excluding hydrogens is 503 g/mol. The van der Waals surface area contributed by atoms with E-state index in [1.165, 1.54) is 80.3 Å². The minimum absolute atomic E-state index is 0.0575. The van der Waals surface area contributed by atoms with E-state index in [0.717, 1.165) is 6.42 Å². The van der Waals surface area contributed by atoms with Crippen LogP contribution >= 0.6 is 22.6 Å². The van der Waals surface area contributed by atoms with Gasteiger partial charge in [-0.3, -0.25) is 0 Å². The summed E-state index contributed by atoms with van der Waals surface area (Å²) >= 11 is 2.55. The van der Waals surface area contributed by atoms with Gasteiger partial charge in [0.15, 0.2) is 0 Å². The maximum atomic E-state index is 10.9. The Bertz CT molecular complexity index is 270. The van der Waals surface area contributed by atoms with Crippen molar-refractivity contribution in [2.75, 3.05) is 7.11 Å². The molecule has 0 bridgehead atoms. The Kier molecular flexibility index (Phi) is 20.4. The van der Waals surface area contributed by atoms with Crippen LogP contribution in [0.2, 0.25) is 8.94 Å². The van der Waals surface area contributed by atoms with E-state index in [4.69, 9.17) is 0 Å². The van der Waals surface area contributed by atoms with Gasteiger partial charge in [0.05, 0.1) is 0 Å². The molecule has 0 aromatic rings. The fourth-order valence-electron chi connectivity index (χ4n) is 2.27. The van der Waals surface area contributed by atoms with E-state index in [9.17, 15) is 4.79 Å². The van der Waals surface area contributed by atoms with Gasteiger partial charge in [0.2, 0.25) is 0 Å². The van der Waals surface area contributed by atoms with Gasteiger partial charge in [0.1, 0.15) is 0 Å². The van der Waals surface area contributed by atoms with Gasteiger partial charge in [-0.25, -0.2) is 0 Å². The topological polar surface area (TPSA) is 26.3 Å². The zero-order chi connectivity index (χ0) is 16.3. The number of rotatable bonds is 16. The number of hydrogen-bond acceptors (Lipinski definition) is 2. The molecule has 0 saturated heterocycles. The monoisotopic (exact) mass is 538 g/mol. The number of esters is 1. The molecule has 0 aromatic carbocycles. The molecule has 22 heavy (non-hydrogen) atoms. The van der Waals surface area contributed by atoms with Crippen molar-refractivity contribution >= 4 is 49.5 Å². The fourth-order valence-corrected chi connectivity index (χ4v) is 5.54. The molecule has 0 rings (SSSR count). The average molecular weight is 536 g/mol. The third-order valence-electron chi connectivity index (χ3n) is 3.65. The molecule has 0 N–H and O–H groups in total. The summed E-state index contributed by atoms with van der Waals surface area (Å²) in [5, 5.41) is 0. The number of allylic oxidation sites excluding steroid dienone is 1. The molecule has 0 aliphatic carbocycles. The summed E-state index contributed by atoms with van der Waals surface area (Å²) in [6.45, 7) is 0. The molecule has 0 fully saturated rings. The van der Waals surface area contributed by atoms with Crippen LogP contribution < -0.4 is 0 Å². The number of hydrogen-bond donors (Lipinski definition) is 0. The first kappa shape index (κ1) is 22.7. The van der Waals surface area contributed by atoms with Crippen molar-refractivity contribution in [2.24, 2.45) is 0 Å². The van der Waals surface area contributed by atoms with E-state index in [1.54, 1.807) is 0 Å². The number of methoxy groups -OCH3 is 1. The van der Waals surface area contributed by atoms with Crippen molar-refractivity contribution in [3.63, 3.8) is 0 Å². The van der Waals surface area contributed by atoms with Gasteiger partial charge in [0.25, 0.3) is 0 Å². The SMILES string of the molecule is COC(=O)CCCCC[Te]CCCCCCCCC/C=C/I. The fraction of sp³-hybridized carbons (Fsp3) is 0.833. The molecule has 2 nitrogen and oxygen atoms in total. The Morgan fingerprint density at radius 1 is 0.909 bits per heavy atom. The van der Waals surface area contributed by atoms with E-state index in [1.807, 2.05) is 0 Å². The second-order valence-electron chi connectivity index (χ2n) is 5.62. The number of halogens is 1. The number of carbonyl (C=O) groups excluding carboxylic acids is 1. The summed E-state index contributed by atoms with van der Waals surface area (Å²) in [5.41, 5.74) is 0. The predicted molar refractivity (Wildman–Crippen MR) is 106 cm³/mol. The van der Waals surface area contributed by atoms with Crippen molar-refractivity contribution in [2.45, 2.75) is 86.0 Å². The molecule has 0 aromatic heterocycles. The summed E-state index contributed by atoms with van der Waals surface area (Å²) in [7, 11) is 1.47. The van der Waals surface area contributed by atoms with E-state index in [-0.39, 0.29) is 26.9 Å². The van der Waals surface area contributed by atoms with Gasteiger partial charge in [-0.1, -0.05) is 0 Å². The van der Waals surface area contributed by atoms with Crippen LogP contribution in [0.25, 0.3) is 0 Å². The predicted octanol–water partition coefficient (Wildman–Crippen LogP) is 6.33. The Labute approximate surface area is 161 Å². The summed E-state index contributed by atoms with van der Waals surface area (Å²) in [4.78, 5) is 10.9. The summed E-state index contributed by atoms with van der Waals surface area (Å²) in [6, 6.07) is 0. The Morgan fingerprint density at radius 3 is 2.05 bits per heavy atom. The molecule has 0 unspecified atom stereocenters. The van der Waals surface area contributed by atoms with Crippen LogP contribution in [0.3, 0.4) is 0 Å². The van der Waals surface area contributed by atoms with E-state index < -0.39 is 0 Å². The van der Waals surface area contributed by atoms with Crippen molar-refractivity contribution < 1.29 is 9.53 Å². The molecular formula is C18H33IO2Te. The molecule has 130 valence electrons. The van der Waals surface area contributed by atoms with Gasteiger partial charge in [-0.2, -0.15) is 0 Å². The van der Waals surface area contributed by atoms with Gasteiger partial charge in [-0.15, -0.1) is 0 Å². The number of carbonyl (C=O) groups is 1. The zero-order valence-corrected chi connectivity index (χ0v) is 18.6. The average Bonchev–Trinajstić information content (AvgIpc) is 2.54. The third kappa shape index (κ3) is 18.8. The molecule has 0 heterocycles. The van der Waals surface area contributed by atoms with E-state index in [2.05, 4.69) is 37.5 Å². The van der Waals surface area contributed by atoms with Crippen molar-refractivity contribution in [3.05, 3.63) is 10.2 Å². The first-order valence-corrected chi connectivity index (χ1v) is 13.2. The van der Waals surface area contributed by atoms with Crippen LogP contribution in [0.4, 0.5) is 0 Å². The van der Waals surface area contributed by atoms with Crippen molar-refractivity contribution in [1.82, 2.24) is 0 Å². The Morgan fingerprint density at radius 2 is 1.45 bits per heavy atom. The number of ether oxygens (including phenoxy) is 1. The molecule has 4 heteroatoms. The summed E-state index contributed by atoms with van der Waals surface area (Å²) < 4.78 is 9.74. The first-order chi connectivity index (χ1) is 10.8. The normalized spacial score (nSPS) is 11.2. The molecule has 0 atom stereocenters. The summed E-state index contributed by atoms with van der Waals surface area (Å²) in [5.74, 6) is -0.0575. The first-order valence-electron chi connectivity index (χ1n) is 8.71. The van der Waals surface area contributed by atoms with Crippen molar-refractivity contribution in [1.29, 1.82) is 0 Å². The van der Waals surface area contributed by atoms with E-state index >= 15 is 0 Å². The van der Waals surface area contributed by atoms with Crippen LogP contribution in [-0.4, -0.2) is 34.0 Å².